The number of para-hydroxylation sites is 1. The minimum atomic E-state index is -0.197. The molecule has 3 rings (SSSR count). The molecule has 2 aromatic carbocycles. The summed E-state index contributed by atoms with van der Waals surface area (Å²) in [5, 5.41) is 0.741. The smallest absolute Gasteiger partial charge is 0.244 e. The van der Waals surface area contributed by atoms with Gasteiger partial charge in [-0.15, -0.1) is 0 Å². The molecular weight excluding hydrogens is 308 g/mol. The molecule has 0 aliphatic carbocycles. The van der Waals surface area contributed by atoms with Crippen molar-refractivity contribution in [2.75, 3.05) is 18.5 Å². The SMILES string of the molecule is CC(C(=O)N1CCc2ccccc21)N(C)Cc1ccccc1Cl. The van der Waals surface area contributed by atoms with E-state index in [1.54, 1.807) is 0 Å². The van der Waals surface area contributed by atoms with Crippen LogP contribution in [0.3, 0.4) is 0 Å². The van der Waals surface area contributed by atoms with E-state index < -0.39 is 0 Å². The number of rotatable bonds is 4. The molecule has 1 atom stereocenters. The van der Waals surface area contributed by atoms with E-state index in [9.17, 15) is 4.79 Å². The van der Waals surface area contributed by atoms with Crippen LogP contribution in [0.15, 0.2) is 48.5 Å². The topological polar surface area (TPSA) is 23.6 Å². The first-order valence-electron chi connectivity index (χ1n) is 7.91. The van der Waals surface area contributed by atoms with Crippen LogP contribution in [0.4, 0.5) is 5.69 Å². The molecule has 0 radical (unpaired) electrons. The summed E-state index contributed by atoms with van der Waals surface area (Å²) in [7, 11) is 1.97. The number of hydrogen-bond acceptors (Lipinski definition) is 2. The van der Waals surface area contributed by atoms with Crippen molar-refractivity contribution in [2.45, 2.75) is 25.9 Å². The van der Waals surface area contributed by atoms with Crippen LogP contribution in [0.25, 0.3) is 0 Å². The predicted molar refractivity (Wildman–Crippen MR) is 94.9 cm³/mol. The third kappa shape index (κ3) is 3.26. The average Bonchev–Trinajstić information content (AvgIpc) is 2.99. The molecule has 0 saturated carbocycles. The number of fused-ring (bicyclic) bond motifs is 1. The Morgan fingerprint density at radius 1 is 1.22 bits per heavy atom. The Morgan fingerprint density at radius 2 is 1.91 bits per heavy atom. The molecule has 1 unspecified atom stereocenters. The van der Waals surface area contributed by atoms with Crippen LogP contribution in [0.5, 0.6) is 0 Å². The molecule has 4 heteroatoms. The van der Waals surface area contributed by atoms with E-state index in [0.29, 0.717) is 6.54 Å². The van der Waals surface area contributed by atoms with E-state index in [1.165, 1.54) is 5.56 Å². The maximum absolute atomic E-state index is 12.9. The highest BCUT2D eigenvalue weighted by atomic mass is 35.5. The van der Waals surface area contributed by atoms with Gasteiger partial charge in [-0.2, -0.15) is 0 Å². The number of anilines is 1. The van der Waals surface area contributed by atoms with Crippen molar-refractivity contribution in [1.82, 2.24) is 4.90 Å². The fourth-order valence-corrected chi connectivity index (χ4v) is 3.21. The van der Waals surface area contributed by atoms with Crippen molar-refractivity contribution in [2.24, 2.45) is 0 Å². The van der Waals surface area contributed by atoms with Crippen molar-refractivity contribution >= 4 is 23.2 Å². The first-order valence-corrected chi connectivity index (χ1v) is 8.28. The minimum Gasteiger partial charge on any atom is -0.310 e. The van der Waals surface area contributed by atoms with E-state index in [1.807, 2.05) is 66.2 Å². The Balaban J connectivity index is 1.72. The highest BCUT2D eigenvalue weighted by Crippen LogP contribution is 2.28. The second-order valence-electron chi connectivity index (χ2n) is 6.05. The number of hydrogen-bond donors (Lipinski definition) is 0. The van der Waals surface area contributed by atoms with Crippen molar-refractivity contribution in [1.29, 1.82) is 0 Å². The fourth-order valence-electron chi connectivity index (χ4n) is 3.01. The van der Waals surface area contributed by atoms with Crippen molar-refractivity contribution in [3.63, 3.8) is 0 Å². The van der Waals surface area contributed by atoms with Crippen LogP contribution < -0.4 is 4.90 Å². The molecule has 1 heterocycles. The predicted octanol–water partition coefficient (Wildman–Crippen LogP) is 3.75. The molecule has 0 fully saturated rings. The standard InChI is InChI=1S/C19H21ClN2O/c1-14(21(2)13-16-8-3-5-9-17(16)20)19(23)22-12-11-15-7-4-6-10-18(15)22/h3-10,14H,11-13H2,1-2H3. The molecular formula is C19H21ClN2O. The molecule has 1 amide bonds. The van der Waals surface area contributed by atoms with E-state index in [2.05, 4.69) is 6.07 Å². The largest absolute Gasteiger partial charge is 0.310 e. The summed E-state index contributed by atoms with van der Waals surface area (Å²) < 4.78 is 0. The molecule has 2 aromatic rings. The number of carbonyl (C=O) groups excluding carboxylic acids is 1. The molecule has 0 saturated heterocycles. The van der Waals surface area contributed by atoms with Crippen molar-refractivity contribution < 1.29 is 4.79 Å². The van der Waals surface area contributed by atoms with E-state index in [-0.39, 0.29) is 11.9 Å². The van der Waals surface area contributed by atoms with Gasteiger partial charge in [-0.05, 0) is 43.7 Å². The lowest BCUT2D eigenvalue weighted by atomic mass is 10.1. The molecule has 0 N–H and O–H groups in total. The first-order chi connectivity index (χ1) is 11.1. The molecule has 0 spiro atoms. The van der Waals surface area contributed by atoms with E-state index in [0.717, 1.165) is 29.2 Å². The van der Waals surface area contributed by atoms with Crippen LogP contribution >= 0.6 is 11.6 Å². The Hall–Kier alpha value is -1.84. The van der Waals surface area contributed by atoms with Gasteiger partial charge in [0, 0.05) is 23.8 Å². The summed E-state index contributed by atoms with van der Waals surface area (Å²) in [6, 6.07) is 15.7. The highest BCUT2D eigenvalue weighted by Gasteiger charge is 2.29. The van der Waals surface area contributed by atoms with Crippen LogP contribution in [0, 0.1) is 0 Å². The average molecular weight is 329 g/mol. The van der Waals surface area contributed by atoms with Gasteiger partial charge in [0.05, 0.1) is 6.04 Å². The lowest BCUT2D eigenvalue weighted by Crippen LogP contribution is -2.45. The summed E-state index contributed by atoms with van der Waals surface area (Å²) in [4.78, 5) is 16.8. The summed E-state index contributed by atoms with van der Waals surface area (Å²) in [6.07, 6.45) is 0.933. The lowest BCUT2D eigenvalue weighted by molar-refractivity contribution is -0.122. The summed E-state index contributed by atoms with van der Waals surface area (Å²) in [5.74, 6) is 0.143. The third-order valence-electron chi connectivity index (χ3n) is 4.55. The second-order valence-corrected chi connectivity index (χ2v) is 6.46. The Bertz CT molecular complexity index is 716. The van der Waals surface area contributed by atoms with Gasteiger partial charge in [-0.25, -0.2) is 0 Å². The van der Waals surface area contributed by atoms with Gasteiger partial charge in [0.25, 0.3) is 0 Å². The molecule has 1 aliphatic rings. The Labute approximate surface area is 142 Å². The van der Waals surface area contributed by atoms with Gasteiger partial charge in [-0.3, -0.25) is 9.69 Å². The lowest BCUT2D eigenvalue weighted by Gasteiger charge is -2.28. The number of likely N-dealkylation sites (N-methyl/N-ethyl adjacent to an activating group) is 1. The van der Waals surface area contributed by atoms with Crippen LogP contribution in [0.2, 0.25) is 5.02 Å². The van der Waals surface area contributed by atoms with Crippen LogP contribution in [-0.2, 0) is 17.8 Å². The number of benzene rings is 2. The number of halogens is 1. The van der Waals surface area contributed by atoms with E-state index in [4.69, 9.17) is 11.6 Å². The number of carbonyl (C=O) groups is 1. The summed E-state index contributed by atoms with van der Waals surface area (Å²) in [5.41, 5.74) is 3.34. The molecule has 0 aromatic heterocycles. The van der Waals surface area contributed by atoms with Gasteiger partial charge >= 0.3 is 0 Å². The van der Waals surface area contributed by atoms with Crippen molar-refractivity contribution in [3.8, 4) is 0 Å². The van der Waals surface area contributed by atoms with Gasteiger partial charge in [0.2, 0.25) is 5.91 Å². The Kier molecular flexibility index (Phi) is 4.69. The van der Waals surface area contributed by atoms with Gasteiger partial charge in [0.1, 0.15) is 0 Å². The minimum absolute atomic E-state index is 0.143. The number of amides is 1. The zero-order valence-corrected chi connectivity index (χ0v) is 14.3. The Morgan fingerprint density at radius 3 is 2.70 bits per heavy atom. The first kappa shape index (κ1) is 16.0. The molecule has 23 heavy (non-hydrogen) atoms. The zero-order valence-electron chi connectivity index (χ0n) is 13.5. The molecule has 120 valence electrons. The van der Waals surface area contributed by atoms with Crippen molar-refractivity contribution in [3.05, 3.63) is 64.7 Å². The van der Waals surface area contributed by atoms with Gasteiger partial charge in [-0.1, -0.05) is 48.0 Å². The summed E-state index contributed by atoms with van der Waals surface area (Å²) >= 11 is 6.22. The molecule has 1 aliphatic heterocycles. The normalized spacial score (nSPS) is 14.9. The highest BCUT2D eigenvalue weighted by molar-refractivity contribution is 6.31. The second kappa shape index (κ2) is 6.73. The molecule has 3 nitrogen and oxygen atoms in total. The van der Waals surface area contributed by atoms with Gasteiger partial charge < -0.3 is 4.90 Å². The molecule has 0 bridgehead atoms. The number of nitrogens with zero attached hydrogens (tertiary/aromatic N) is 2. The fraction of sp³-hybridized carbons (Fsp3) is 0.316. The summed E-state index contributed by atoms with van der Waals surface area (Å²) in [6.45, 7) is 3.38. The maximum atomic E-state index is 12.9. The van der Waals surface area contributed by atoms with E-state index >= 15 is 0 Å². The van der Waals surface area contributed by atoms with Crippen LogP contribution in [-0.4, -0.2) is 30.4 Å². The zero-order chi connectivity index (χ0) is 16.4. The monoisotopic (exact) mass is 328 g/mol. The maximum Gasteiger partial charge on any atom is 0.244 e. The third-order valence-corrected chi connectivity index (χ3v) is 4.92. The quantitative estimate of drug-likeness (QED) is 0.853. The van der Waals surface area contributed by atoms with Crippen LogP contribution in [0.1, 0.15) is 18.1 Å². The van der Waals surface area contributed by atoms with Gasteiger partial charge in [0.15, 0.2) is 0 Å².